The predicted molar refractivity (Wildman–Crippen MR) is 181 cm³/mol. The van der Waals surface area contributed by atoms with Crippen molar-refractivity contribution in [2.24, 2.45) is 11.7 Å². The number of halogens is 1. The number of carbonyl (C=O) groups excluding carboxylic acids is 5. The number of benzene rings is 2. The van der Waals surface area contributed by atoms with Gasteiger partial charge in [0.25, 0.3) is 0 Å². The molecular weight excluding hydrogens is 636 g/mol. The molecule has 2 aliphatic rings. The lowest BCUT2D eigenvalue weighted by Crippen LogP contribution is -2.59. The summed E-state index contributed by atoms with van der Waals surface area (Å²) in [5.41, 5.74) is 10.7. The second-order valence-corrected chi connectivity index (χ2v) is 12.8. The van der Waals surface area contributed by atoms with E-state index in [2.05, 4.69) is 10.6 Å². The number of piperidine rings is 1. The molecule has 48 heavy (non-hydrogen) atoms. The van der Waals surface area contributed by atoms with Crippen LogP contribution in [0.2, 0.25) is 0 Å². The molecule has 256 valence electrons. The Bertz CT molecular complexity index is 1560. The molecule has 1 fully saturated rings. The van der Waals surface area contributed by atoms with Crippen LogP contribution in [0.1, 0.15) is 67.2 Å². The number of hydrogen-bond donors (Lipinski definition) is 4. The van der Waals surface area contributed by atoms with Gasteiger partial charge in [-0.05, 0) is 67.7 Å². The Labute approximate surface area is 285 Å². The van der Waals surface area contributed by atoms with Crippen molar-refractivity contribution in [2.45, 2.75) is 82.8 Å². The second-order valence-electron chi connectivity index (χ2n) is 12.5. The van der Waals surface area contributed by atoms with Crippen LogP contribution in [0.25, 0.3) is 5.57 Å². The highest BCUT2D eigenvalue weighted by molar-refractivity contribution is 6.27. The Hall–Kier alpha value is -4.51. The van der Waals surface area contributed by atoms with E-state index in [1.54, 1.807) is 0 Å². The Morgan fingerprint density at radius 1 is 0.979 bits per heavy atom. The van der Waals surface area contributed by atoms with E-state index in [9.17, 15) is 33.9 Å². The Morgan fingerprint density at radius 3 is 2.40 bits per heavy atom. The zero-order valence-electron chi connectivity index (χ0n) is 27.1. The van der Waals surface area contributed by atoms with Crippen LogP contribution >= 0.6 is 11.6 Å². The summed E-state index contributed by atoms with van der Waals surface area (Å²) in [5, 5.41) is 14.6. The van der Waals surface area contributed by atoms with Crippen molar-refractivity contribution in [1.29, 1.82) is 0 Å². The fourth-order valence-corrected chi connectivity index (χ4v) is 6.45. The van der Waals surface area contributed by atoms with Crippen LogP contribution in [-0.4, -0.2) is 75.9 Å². The summed E-state index contributed by atoms with van der Waals surface area (Å²) in [5.74, 6) is -5.08. The third-order valence-electron chi connectivity index (χ3n) is 9.00. The summed E-state index contributed by atoms with van der Waals surface area (Å²) in [6.45, 7) is 2.17. The molecule has 1 saturated heterocycles. The minimum atomic E-state index is -1.18. The van der Waals surface area contributed by atoms with Crippen LogP contribution in [-0.2, 0) is 41.6 Å². The van der Waals surface area contributed by atoms with E-state index in [0.29, 0.717) is 25.7 Å². The molecule has 0 aromatic heterocycles. The van der Waals surface area contributed by atoms with Crippen LogP contribution < -0.4 is 16.4 Å². The van der Waals surface area contributed by atoms with E-state index in [4.69, 9.17) is 17.3 Å². The first kappa shape index (κ1) is 36.3. The summed E-state index contributed by atoms with van der Waals surface area (Å²) >= 11 is 5.64. The number of alkyl halides is 1. The molecule has 4 amide bonds. The molecule has 0 unspecified atom stereocenters. The highest BCUT2D eigenvalue weighted by Crippen LogP contribution is 2.31. The Morgan fingerprint density at radius 2 is 1.71 bits per heavy atom. The van der Waals surface area contributed by atoms with Gasteiger partial charge >= 0.3 is 5.97 Å². The molecule has 1 aliphatic carbocycles. The summed E-state index contributed by atoms with van der Waals surface area (Å²) in [7, 11) is 0. The number of allylic oxidation sites excluding steroid dienone is 1. The molecular formula is C36H43ClN4O7. The third kappa shape index (κ3) is 9.76. The van der Waals surface area contributed by atoms with Gasteiger partial charge in [-0.3, -0.25) is 28.8 Å². The fraction of sp³-hybridized carbons (Fsp3) is 0.444. The number of likely N-dealkylation sites (tertiary alicyclic amines) is 1. The third-order valence-corrected chi connectivity index (χ3v) is 9.25. The number of amides is 4. The molecule has 1 aliphatic heterocycles. The molecule has 5 N–H and O–H groups in total. The smallest absolute Gasteiger partial charge is 0.303 e. The first-order valence-electron chi connectivity index (χ1n) is 16.3. The van der Waals surface area contributed by atoms with Crippen LogP contribution in [0, 0.1) is 12.8 Å². The van der Waals surface area contributed by atoms with Gasteiger partial charge in [-0.2, -0.15) is 0 Å². The maximum atomic E-state index is 14.0. The Balaban J connectivity index is 1.57. The van der Waals surface area contributed by atoms with Crippen molar-refractivity contribution < 1.29 is 33.9 Å². The molecule has 4 atom stereocenters. The molecule has 4 rings (SSSR count). The number of aliphatic carboxylic acids is 1. The zero-order chi connectivity index (χ0) is 34.8. The largest absolute Gasteiger partial charge is 0.481 e. The lowest BCUT2D eigenvalue weighted by atomic mass is 9.88. The SMILES string of the molecule is Cc1ccc(C[C@H](CC(=O)[C@H](CC2=CCc3ccccc32)NC(=O)[C@@H]2CCCCN2C(=O)[C@H](CCC(=O)O)NC(=O)CCl)C(N)=O)cc1. The number of rotatable bonds is 16. The van der Waals surface area contributed by atoms with E-state index in [0.717, 1.165) is 27.8 Å². The first-order valence-corrected chi connectivity index (χ1v) is 16.8. The molecule has 2 aromatic rings. The van der Waals surface area contributed by atoms with Gasteiger partial charge in [0.15, 0.2) is 5.78 Å². The average Bonchev–Trinajstić information content (AvgIpc) is 3.48. The molecule has 2 aromatic carbocycles. The van der Waals surface area contributed by atoms with Gasteiger partial charge in [0, 0.05) is 31.7 Å². The van der Waals surface area contributed by atoms with Gasteiger partial charge in [0.2, 0.25) is 23.6 Å². The quantitative estimate of drug-likeness (QED) is 0.197. The number of hydrogen-bond acceptors (Lipinski definition) is 6. The number of carboxylic acids is 1. The second kappa shape index (κ2) is 17.1. The number of ketones is 1. The number of nitrogens with two attached hydrogens (primary N) is 1. The number of aryl methyl sites for hydroxylation is 1. The van der Waals surface area contributed by atoms with Crippen molar-refractivity contribution >= 4 is 52.6 Å². The topological polar surface area (TPSA) is 176 Å². The highest BCUT2D eigenvalue weighted by Gasteiger charge is 2.38. The minimum absolute atomic E-state index is 0.175. The van der Waals surface area contributed by atoms with Gasteiger partial charge in [0.1, 0.15) is 18.0 Å². The van der Waals surface area contributed by atoms with Crippen LogP contribution in [0.4, 0.5) is 0 Å². The highest BCUT2D eigenvalue weighted by atomic mass is 35.5. The number of carbonyl (C=O) groups is 6. The fourth-order valence-electron chi connectivity index (χ4n) is 6.37. The molecule has 0 spiro atoms. The number of nitrogens with zero attached hydrogens (tertiary/aromatic N) is 1. The van der Waals surface area contributed by atoms with Gasteiger partial charge in [0.05, 0.1) is 6.04 Å². The number of fused-ring (bicyclic) bond motifs is 1. The maximum absolute atomic E-state index is 14.0. The van der Waals surface area contributed by atoms with Crippen LogP contribution in [0.3, 0.4) is 0 Å². The Kier molecular flexibility index (Phi) is 12.9. The van der Waals surface area contributed by atoms with Gasteiger partial charge in [-0.25, -0.2) is 0 Å². The van der Waals surface area contributed by atoms with Gasteiger partial charge in [-0.15, -0.1) is 11.6 Å². The minimum Gasteiger partial charge on any atom is -0.481 e. The molecule has 0 bridgehead atoms. The normalized spacial score (nSPS) is 17.3. The van der Waals surface area contributed by atoms with Gasteiger partial charge < -0.3 is 26.4 Å². The molecule has 0 radical (unpaired) electrons. The van der Waals surface area contributed by atoms with E-state index >= 15 is 0 Å². The van der Waals surface area contributed by atoms with Crippen LogP contribution in [0.5, 0.6) is 0 Å². The summed E-state index contributed by atoms with van der Waals surface area (Å²) in [6, 6.07) is 12.3. The number of primary amides is 1. The molecule has 0 saturated carbocycles. The lowest BCUT2D eigenvalue weighted by Gasteiger charge is -2.37. The summed E-state index contributed by atoms with van der Waals surface area (Å²) in [4.78, 5) is 78.9. The molecule has 11 nitrogen and oxygen atoms in total. The van der Waals surface area contributed by atoms with E-state index in [1.807, 2.05) is 61.5 Å². The average molecular weight is 679 g/mol. The van der Waals surface area contributed by atoms with Gasteiger partial charge in [-0.1, -0.05) is 60.2 Å². The standard InChI is InChI=1S/C36H43ClN4O7/c1-22-9-11-23(12-10-22)18-26(34(38)46)20-31(42)29(19-25-14-13-24-6-2-3-7-27(24)25)40-35(47)30-8-4-5-17-41(30)36(48)28(15-16-33(44)45)39-32(43)21-37/h2-3,6-7,9-12,14,26,28-30H,4-5,8,13,15-21H2,1H3,(H2,38,46)(H,39,43)(H,40,47)(H,44,45)/t26-,28+,29+,30+/m1/s1. The lowest BCUT2D eigenvalue weighted by molar-refractivity contribution is -0.146. The number of Topliss-reactive ketones (excluding diaryl/α,β-unsaturated/α-hetero) is 1. The van der Waals surface area contributed by atoms with Crippen molar-refractivity contribution in [1.82, 2.24) is 15.5 Å². The van der Waals surface area contributed by atoms with Crippen molar-refractivity contribution in [3.8, 4) is 0 Å². The van der Waals surface area contributed by atoms with E-state index < -0.39 is 59.5 Å². The maximum Gasteiger partial charge on any atom is 0.303 e. The van der Waals surface area contributed by atoms with Crippen LogP contribution in [0.15, 0.2) is 54.6 Å². The number of carboxylic acid groups (broad SMARTS) is 1. The van der Waals surface area contributed by atoms with Crippen molar-refractivity contribution in [3.63, 3.8) is 0 Å². The zero-order valence-corrected chi connectivity index (χ0v) is 27.8. The molecule has 12 heteroatoms. The summed E-state index contributed by atoms with van der Waals surface area (Å²) < 4.78 is 0. The van der Waals surface area contributed by atoms with E-state index in [1.165, 1.54) is 4.90 Å². The summed E-state index contributed by atoms with van der Waals surface area (Å²) in [6.07, 6.45) is 4.01. The van der Waals surface area contributed by atoms with Crippen molar-refractivity contribution in [2.75, 3.05) is 12.4 Å². The monoisotopic (exact) mass is 678 g/mol. The van der Waals surface area contributed by atoms with E-state index in [-0.39, 0.29) is 44.4 Å². The van der Waals surface area contributed by atoms with Crippen molar-refractivity contribution in [3.05, 3.63) is 76.9 Å². The number of nitrogens with one attached hydrogen (secondary N) is 2. The first-order chi connectivity index (χ1) is 23.0. The molecule has 1 heterocycles. The predicted octanol–water partition coefficient (Wildman–Crippen LogP) is 3.08.